The first-order chi connectivity index (χ1) is 12.6. The van der Waals surface area contributed by atoms with Gasteiger partial charge in [-0.15, -0.1) is 0 Å². The van der Waals surface area contributed by atoms with E-state index in [4.69, 9.17) is 8.94 Å². The van der Waals surface area contributed by atoms with E-state index in [9.17, 15) is 0 Å². The zero-order chi connectivity index (χ0) is 18.9. The van der Waals surface area contributed by atoms with E-state index in [-0.39, 0.29) is 6.04 Å². The van der Waals surface area contributed by atoms with Gasteiger partial charge in [-0.05, 0) is 31.1 Å². The zero-order valence-electron chi connectivity index (χ0n) is 16.5. The SMILES string of the molecule is CCN(CC)C(CNC(=NC)NCc1cc(C(C)C)no1)c1ccco1. The molecule has 7 heteroatoms. The monoisotopic (exact) mass is 361 g/mol. The maximum absolute atomic E-state index is 5.64. The molecule has 2 heterocycles. The number of nitrogens with one attached hydrogen (secondary N) is 2. The van der Waals surface area contributed by atoms with E-state index < -0.39 is 0 Å². The number of aliphatic imine (C=N–C) groups is 1. The van der Waals surface area contributed by atoms with Crippen LogP contribution in [0.15, 0.2) is 38.4 Å². The van der Waals surface area contributed by atoms with Crippen molar-refractivity contribution in [3.63, 3.8) is 0 Å². The highest BCUT2D eigenvalue weighted by Gasteiger charge is 2.20. The molecule has 0 bridgehead atoms. The Labute approximate surface area is 155 Å². The largest absolute Gasteiger partial charge is 0.468 e. The molecule has 1 unspecified atom stereocenters. The van der Waals surface area contributed by atoms with E-state index in [1.807, 2.05) is 18.2 Å². The molecule has 2 N–H and O–H groups in total. The smallest absolute Gasteiger partial charge is 0.191 e. The van der Waals surface area contributed by atoms with Crippen LogP contribution in [0.2, 0.25) is 0 Å². The number of hydrogen-bond donors (Lipinski definition) is 2. The van der Waals surface area contributed by atoms with Crippen LogP contribution in [0.1, 0.15) is 56.9 Å². The van der Waals surface area contributed by atoms with E-state index in [0.29, 0.717) is 19.0 Å². The summed E-state index contributed by atoms with van der Waals surface area (Å²) < 4.78 is 11.0. The Morgan fingerprint density at radius 2 is 2.04 bits per heavy atom. The Hall–Kier alpha value is -2.28. The van der Waals surface area contributed by atoms with Crippen molar-refractivity contribution >= 4 is 5.96 Å². The van der Waals surface area contributed by atoms with Gasteiger partial charge in [0.2, 0.25) is 0 Å². The molecule has 0 spiro atoms. The molecule has 0 saturated heterocycles. The van der Waals surface area contributed by atoms with Crippen molar-refractivity contribution in [2.24, 2.45) is 4.99 Å². The summed E-state index contributed by atoms with van der Waals surface area (Å²) in [4.78, 5) is 6.64. The molecule has 0 aliphatic carbocycles. The van der Waals surface area contributed by atoms with Crippen molar-refractivity contribution in [1.29, 1.82) is 0 Å². The molecule has 0 aliphatic rings. The average Bonchev–Trinajstić information content (AvgIpc) is 3.32. The van der Waals surface area contributed by atoms with Gasteiger partial charge in [0.1, 0.15) is 5.76 Å². The lowest BCUT2D eigenvalue weighted by molar-refractivity contribution is 0.193. The summed E-state index contributed by atoms with van der Waals surface area (Å²) in [7, 11) is 1.76. The molecule has 1 atom stereocenters. The van der Waals surface area contributed by atoms with Crippen LogP contribution in [-0.2, 0) is 6.54 Å². The van der Waals surface area contributed by atoms with Gasteiger partial charge in [0.25, 0.3) is 0 Å². The van der Waals surface area contributed by atoms with E-state index >= 15 is 0 Å². The van der Waals surface area contributed by atoms with Gasteiger partial charge in [-0.2, -0.15) is 0 Å². The first-order valence-electron chi connectivity index (χ1n) is 9.26. The number of furan rings is 1. The first-order valence-corrected chi connectivity index (χ1v) is 9.26. The molecule has 2 rings (SSSR count). The van der Waals surface area contributed by atoms with E-state index in [1.54, 1.807) is 13.3 Å². The third kappa shape index (κ3) is 5.36. The van der Waals surface area contributed by atoms with Crippen LogP contribution < -0.4 is 10.6 Å². The Balaban J connectivity index is 1.93. The van der Waals surface area contributed by atoms with Crippen molar-refractivity contribution in [3.8, 4) is 0 Å². The fraction of sp³-hybridized carbons (Fsp3) is 0.579. The predicted molar refractivity (Wildman–Crippen MR) is 103 cm³/mol. The Morgan fingerprint density at radius 3 is 2.58 bits per heavy atom. The summed E-state index contributed by atoms with van der Waals surface area (Å²) in [5.41, 5.74) is 0.962. The van der Waals surface area contributed by atoms with E-state index in [0.717, 1.165) is 36.3 Å². The average molecular weight is 361 g/mol. The van der Waals surface area contributed by atoms with E-state index in [2.05, 4.69) is 53.4 Å². The van der Waals surface area contributed by atoms with E-state index in [1.165, 1.54) is 0 Å². The zero-order valence-corrected chi connectivity index (χ0v) is 16.5. The third-order valence-corrected chi connectivity index (χ3v) is 4.41. The van der Waals surface area contributed by atoms with Gasteiger partial charge in [-0.3, -0.25) is 9.89 Å². The predicted octanol–water partition coefficient (Wildman–Crippen LogP) is 3.14. The van der Waals surface area contributed by atoms with Crippen molar-refractivity contribution in [2.75, 3.05) is 26.7 Å². The van der Waals surface area contributed by atoms with Crippen molar-refractivity contribution < 1.29 is 8.94 Å². The standard InChI is InChI=1S/C19H31N5O2/c1-6-24(7-2)17(18-9-8-10-25-18)13-22-19(20-5)21-12-15-11-16(14(3)4)23-26-15/h8-11,14,17H,6-7,12-13H2,1-5H3,(H2,20,21,22). The fourth-order valence-corrected chi connectivity index (χ4v) is 2.82. The second kappa shape index (κ2) is 10.0. The fourth-order valence-electron chi connectivity index (χ4n) is 2.82. The van der Waals surface area contributed by atoms with Crippen LogP contribution in [0.3, 0.4) is 0 Å². The number of hydrogen-bond acceptors (Lipinski definition) is 5. The summed E-state index contributed by atoms with van der Waals surface area (Å²) in [6.45, 7) is 11.6. The second-order valence-corrected chi connectivity index (χ2v) is 6.43. The number of nitrogens with zero attached hydrogens (tertiary/aromatic N) is 3. The summed E-state index contributed by atoms with van der Waals surface area (Å²) in [6, 6.07) is 6.07. The minimum Gasteiger partial charge on any atom is -0.468 e. The molecule has 26 heavy (non-hydrogen) atoms. The highest BCUT2D eigenvalue weighted by Crippen LogP contribution is 2.20. The summed E-state index contributed by atoms with van der Waals surface area (Å²) >= 11 is 0. The normalized spacial score (nSPS) is 13.4. The minimum absolute atomic E-state index is 0.149. The molecule has 144 valence electrons. The van der Waals surface area contributed by atoms with Gasteiger partial charge in [0, 0.05) is 19.7 Å². The number of aromatic nitrogens is 1. The molecule has 0 amide bonds. The van der Waals surface area contributed by atoms with Crippen LogP contribution in [0.4, 0.5) is 0 Å². The molecule has 7 nitrogen and oxygen atoms in total. The number of likely N-dealkylation sites (N-methyl/N-ethyl adjacent to an activating group) is 1. The highest BCUT2D eigenvalue weighted by atomic mass is 16.5. The van der Waals surface area contributed by atoms with Gasteiger partial charge in [-0.1, -0.05) is 32.9 Å². The van der Waals surface area contributed by atoms with Gasteiger partial charge >= 0.3 is 0 Å². The quantitative estimate of drug-likeness (QED) is 0.528. The van der Waals surface area contributed by atoms with Crippen LogP contribution in [0.5, 0.6) is 0 Å². The van der Waals surface area contributed by atoms with Crippen molar-refractivity contribution in [1.82, 2.24) is 20.7 Å². The molecule has 2 aromatic heterocycles. The maximum atomic E-state index is 5.64. The lowest BCUT2D eigenvalue weighted by Gasteiger charge is -2.28. The molecule has 2 aromatic rings. The highest BCUT2D eigenvalue weighted by molar-refractivity contribution is 5.79. The molecule has 0 radical (unpaired) electrons. The minimum atomic E-state index is 0.149. The Bertz CT molecular complexity index is 659. The molecule has 0 fully saturated rings. The molecule has 0 aromatic carbocycles. The molecule has 0 aliphatic heterocycles. The topological polar surface area (TPSA) is 78.8 Å². The van der Waals surface area contributed by atoms with Crippen LogP contribution in [-0.4, -0.2) is 42.7 Å². The molecule has 0 saturated carbocycles. The lowest BCUT2D eigenvalue weighted by Crippen LogP contribution is -2.42. The summed E-state index contributed by atoms with van der Waals surface area (Å²) in [5.74, 6) is 2.82. The number of rotatable bonds is 9. The maximum Gasteiger partial charge on any atom is 0.191 e. The van der Waals surface area contributed by atoms with Crippen LogP contribution in [0.25, 0.3) is 0 Å². The van der Waals surface area contributed by atoms with Crippen LogP contribution >= 0.6 is 0 Å². The van der Waals surface area contributed by atoms with Gasteiger partial charge in [0.15, 0.2) is 11.7 Å². The lowest BCUT2D eigenvalue weighted by atomic mass is 10.1. The molecular formula is C19H31N5O2. The second-order valence-electron chi connectivity index (χ2n) is 6.43. The number of guanidine groups is 1. The summed E-state index contributed by atoms with van der Waals surface area (Å²) in [5, 5.41) is 10.7. The Kier molecular flexibility index (Phi) is 7.72. The van der Waals surface area contributed by atoms with Gasteiger partial charge in [-0.25, -0.2) is 0 Å². The van der Waals surface area contributed by atoms with Gasteiger partial charge < -0.3 is 19.6 Å². The van der Waals surface area contributed by atoms with Crippen molar-refractivity contribution in [3.05, 3.63) is 41.7 Å². The summed E-state index contributed by atoms with van der Waals surface area (Å²) in [6.07, 6.45) is 1.72. The Morgan fingerprint density at radius 1 is 1.27 bits per heavy atom. The van der Waals surface area contributed by atoms with Crippen LogP contribution in [0, 0.1) is 0 Å². The third-order valence-electron chi connectivity index (χ3n) is 4.41. The van der Waals surface area contributed by atoms with Crippen molar-refractivity contribution in [2.45, 2.75) is 46.2 Å². The van der Waals surface area contributed by atoms with Gasteiger partial charge in [0.05, 0.1) is 24.5 Å². The molecular weight excluding hydrogens is 330 g/mol. The first kappa shape index (κ1) is 20.0.